The van der Waals surface area contributed by atoms with Crippen LogP contribution < -0.4 is 9.80 Å². The number of halogens is 1. The summed E-state index contributed by atoms with van der Waals surface area (Å²) in [5.41, 5.74) is 1.34. The molecule has 0 spiro atoms. The van der Waals surface area contributed by atoms with Gasteiger partial charge in [0.25, 0.3) is 0 Å². The number of piperazine rings is 1. The highest BCUT2D eigenvalue weighted by atomic mass is 35.5. The van der Waals surface area contributed by atoms with Gasteiger partial charge in [0.15, 0.2) is 0 Å². The number of rotatable bonds is 9. The third kappa shape index (κ3) is 6.13. The molecule has 3 aromatic rings. The van der Waals surface area contributed by atoms with E-state index in [-0.39, 0.29) is 12.6 Å². The molecule has 0 amide bonds. The minimum absolute atomic E-state index is 0.108. The van der Waals surface area contributed by atoms with Crippen LogP contribution in [-0.2, 0) is 14.8 Å². The Morgan fingerprint density at radius 3 is 2.63 bits per heavy atom. The molecule has 3 unspecified atom stereocenters. The van der Waals surface area contributed by atoms with E-state index in [0.29, 0.717) is 29.1 Å². The van der Waals surface area contributed by atoms with E-state index in [1.807, 2.05) is 38.1 Å². The van der Waals surface area contributed by atoms with Crippen LogP contribution in [0.1, 0.15) is 30.7 Å². The number of benzene rings is 1. The van der Waals surface area contributed by atoms with Crippen LogP contribution in [0, 0.1) is 5.92 Å². The van der Waals surface area contributed by atoms with Gasteiger partial charge >= 0.3 is 0 Å². The van der Waals surface area contributed by atoms with Gasteiger partial charge in [0.05, 0.1) is 6.04 Å². The molecule has 0 radical (unpaired) electrons. The lowest BCUT2D eigenvalue weighted by molar-refractivity contribution is -0.115. The summed E-state index contributed by atoms with van der Waals surface area (Å²) in [6, 6.07) is 8.52. The summed E-state index contributed by atoms with van der Waals surface area (Å²) in [4.78, 5) is 30.8. The summed E-state index contributed by atoms with van der Waals surface area (Å²) in [7, 11) is 0.0331. The maximum atomic E-state index is 13.9. The third-order valence-electron chi connectivity index (χ3n) is 8.25. The van der Waals surface area contributed by atoms with E-state index in [1.165, 1.54) is 10.4 Å². The number of aromatic amines is 1. The predicted molar refractivity (Wildman–Crippen MR) is 164 cm³/mol. The van der Waals surface area contributed by atoms with E-state index in [1.54, 1.807) is 24.4 Å². The number of sulfonamides is 1. The highest BCUT2D eigenvalue weighted by Gasteiger charge is 2.41. The maximum Gasteiger partial charge on any atom is 0.226 e. The van der Waals surface area contributed by atoms with Crippen molar-refractivity contribution in [3.05, 3.63) is 59.9 Å². The van der Waals surface area contributed by atoms with Gasteiger partial charge in [0.2, 0.25) is 16.0 Å². The first-order chi connectivity index (χ1) is 19.6. The van der Waals surface area contributed by atoms with Gasteiger partial charge in [-0.05, 0) is 56.0 Å². The normalized spacial score (nSPS) is 22.1. The summed E-state index contributed by atoms with van der Waals surface area (Å²) in [6.07, 6.45) is 6.08. The Morgan fingerprint density at radius 2 is 1.95 bits per heavy atom. The number of fused-ring (bicyclic) bond motifs is 1. The Morgan fingerprint density at radius 1 is 1.20 bits per heavy atom. The van der Waals surface area contributed by atoms with Gasteiger partial charge in [-0.1, -0.05) is 17.7 Å². The summed E-state index contributed by atoms with van der Waals surface area (Å²) < 4.78 is 29.2. The topological polar surface area (TPSA) is 106 Å². The second kappa shape index (κ2) is 12.1. The summed E-state index contributed by atoms with van der Waals surface area (Å²) in [5.74, 6) is 2.02. The number of nitrogens with one attached hydrogen (secondary N) is 1. The van der Waals surface area contributed by atoms with Crippen molar-refractivity contribution in [1.82, 2.24) is 24.2 Å². The molecule has 2 saturated heterocycles. The average Bonchev–Trinajstić information content (AvgIpc) is 3.37. The minimum Gasteiger partial charge on any atom is -0.357 e. The SMILES string of the molecule is C=CC(c1cc2cc(Cl)ccc2[nH]1)S(=O)(=O)N1CC(C)N(CC2CCN(c3ccnc(N(C)C)n3)CC2)C(C=O)C1. The van der Waals surface area contributed by atoms with E-state index >= 15 is 0 Å². The van der Waals surface area contributed by atoms with E-state index in [2.05, 4.69) is 31.3 Å². The molecule has 1 aromatic carbocycles. The van der Waals surface area contributed by atoms with E-state index in [0.717, 1.165) is 55.5 Å². The number of anilines is 2. The van der Waals surface area contributed by atoms with Crippen molar-refractivity contribution in [2.45, 2.75) is 37.1 Å². The van der Waals surface area contributed by atoms with Crippen LogP contribution in [0.5, 0.6) is 0 Å². The molecule has 4 heterocycles. The molecule has 0 aliphatic carbocycles. The van der Waals surface area contributed by atoms with Gasteiger partial charge in [-0.15, -0.1) is 6.58 Å². The molecule has 2 aliphatic rings. The van der Waals surface area contributed by atoms with Gasteiger partial charge in [0, 0.05) is 80.7 Å². The lowest BCUT2D eigenvalue weighted by atomic mass is 9.94. The Bertz CT molecular complexity index is 1500. The number of H-pyrrole nitrogens is 1. The maximum absolute atomic E-state index is 13.9. The van der Waals surface area contributed by atoms with Gasteiger partial charge in [-0.2, -0.15) is 9.29 Å². The molecule has 3 atom stereocenters. The van der Waals surface area contributed by atoms with Crippen LogP contribution in [0.4, 0.5) is 11.8 Å². The van der Waals surface area contributed by atoms with Crippen molar-refractivity contribution < 1.29 is 13.2 Å². The molecule has 2 fully saturated rings. The van der Waals surface area contributed by atoms with Crippen molar-refractivity contribution in [3.63, 3.8) is 0 Å². The highest BCUT2D eigenvalue weighted by Crippen LogP contribution is 2.33. The zero-order valence-electron chi connectivity index (χ0n) is 23.8. The molecular weight excluding hydrogens is 562 g/mol. The first-order valence-corrected chi connectivity index (χ1v) is 15.8. The Hall–Kier alpha value is -2.99. The van der Waals surface area contributed by atoms with Gasteiger partial charge in [-0.3, -0.25) is 4.90 Å². The van der Waals surface area contributed by atoms with Crippen LogP contribution >= 0.6 is 11.6 Å². The van der Waals surface area contributed by atoms with E-state index in [9.17, 15) is 13.2 Å². The Kier molecular flexibility index (Phi) is 8.70. The van der Waals surface area contributed by atoms with Gasteiger partial charge in [-0.25, -0.2) is 13.4 Å². The molecular formula is C29H38ClN7O3S. The standard InChI is InChI=1S/C29H38ClN7O3S/c1-5-27(26-15-22-14-23(30)6-7-25(22)32-26)41(39,40)36-16-20(2)37(24(18-36)19-38)17-21-9-12-35(13-10-21)28-8-11-31-29(33-28)34(3)4/h5-8,11,14-15,19-21,24,27,32H,1,9-10,12-13,16-18H2,2-4H3. The van der Waals surface area contributed by atoms with Crippen molar-refractivity contribution in [2.75, 3.05) is 56.6 Å². The lowest BCUT2D eigenvalue weighted by Gasteiger charge is -2.45. The van der Waals surface area contributed by atoms with Crippen molar-refractivity contribution >= 4 is 50.6 Å². The minimum atomic E-state index is -3.82. The summed E-state index contributed by atoms with van der Waals surface area (Å²) >= 11 is 6.13. The van der Waals surface area contributed by atoms with Crippen LogP contribution in [0.3, 0.4) is 0 Å². The van der Waals surface area contributed by atoms with Gasteiger partial charge in [0.1, 0.15) is 17.4 Å². The Labute approximate surface area is 247 Å². The van der Waals surface area contributed by atoms with Crippen molar-refractivity contribution in [2.24, 2.45) is 5.92 Å². The molecule has 220 valence electrons. The fourth-order valence-electron chi connectivity index (χ4n) is 5.98. The smallest absolute Gasteiger partial charge is 0.226 e. The van der Waals surface area contributed by atoms with Crippen LogP contribution in [-0.4, -0.2) is 97.8 Å². The fourth-order valence-corrected chi connectivity index (χ4v) is 7.96. The zero-order chi connectivity index (χ0) is 29.3. The second-order valence-corrected chi connectivity index (χ2v) is 13.8. The number of nitrogens with zero attached hydrogens (tertiary/aromatic N) is 6. The number of carbonyl (C=O) groups is 1. The van der Waals surface area contributed by atoms with Crippen molar-refractivity contribution in [1.29, 1.82) is 0 Å². The fraction of sp³-hybridized carbons (Fsp3) is 0.483. The molecule has 0 bridgehead atoms. The molecule has 5 rings (SSSR count). The first kappa shape index (κ1) is 29.5. The number of piperidine rings is 1. The molecule has 41 heavy (non-hydrogen) atoms. The molecule has 0 saturated carbocycles. The molecule has 10 nitrogen and oxygen atoms in total. The van der Waals surface area contributed by atoms with Crippen molar-refractivity contribution in [3.8, 4) is 0 Å². The zero-order valence-corrected chi connectivity index (χ0v) is 25.4. The number of aldehydes is 1. The highest BCUT2D eigenvalue weighted by molar-refractivity contribution is 7.89. The molecule has 2 aromatic heterocycles. The quantitative estimate of drug-likeness (QED) is 0.293. The molecule has 2 aliphatic heterocycles. The predicted octanol–water partition coefficient (Wildman–Crippen LogP) is 3.72. The number of hydrogen-bond donors (Lipinski definition) is 1. The lowest BCUT2D eigenvalue weighted by Crippen LogP contribution is -2.61. The first-order valence-electron chi connectivity index (χ1n) is 14.0. The third-order valence-corrected chi connectivity index (χ3v) is 10.6. The van der Waals surface area contributed by atoms with E-state index in [4.69, 9.17) is 11.6 Å². The molecule has 12 heteroatoms. The largest absolute Gasteiger partial charge is 0.357 e. The average molecular weight is 600 g/mol. The Balaban J connectivity index is 1.24. The monoisotopic (exact) mass is 599 g/mol. The number of carbonyl (C=O) groups excluding carboxylic acids is 1. The van der Waals surface area contributed by atoms with Crippen LogP contribution in [0.2, 0.25) is 5.02 Å². The molecule has 1 N–H and O–H groups in total. The van der Waals surface area contributed by atoms with E-state index < -0.39 is 21.3 Å². The summed E-state index contributed by atoms with van der Waals surface area (Å²) in [5, 5.41) is 0.458. The number of hydrogen-bond acceptors (Lipinski definition) is 8. The van der Waals surface area contributed by atoms with Crippen LogP contribution in [0.25, 0.3) is 10.9 Å². The second-order valence-electron chi connectivity index (χ2n) is 11.3. The van der Waals surface area contributed by atoms with Crippen LogP contribution in [0.15, 0.2) is 49.2 Å². The number of aromatic nitrogens is 3. The summed E-state index contributed by atoms with van der Waals surface area (Å²) in [6.45, 7) is 8.78. The van der Waals surface area contributed by atoms with Gasteiger partial charge < -0.3 is 19.6 Å².